The first-order chi connectivity index (χ1) is 12.1. The van der Waals surface area contributed by atoms with E-state index in [4.69, 9.17) is 4.42 Å². The van der Waals surface area contributed by atoms with Crippen molar-refractivity contribution in [3.05, 3.63) is 63.6 Å². The summed E-state index contributed by atoms with van der Waals surface area (Å²) in [7, 11) is 0. The maximum absolute atomic E-state index is 11.1. The topological polar surface area (TPSA) is 71.5 Å². The summed E-state index contributed by atoms with van der Waals surface area (Å²) in [5.41, 5.74) is 1.79. The van der Waals surface area contributed by atoms with Crippen LogP contribution in [-0.2, 0) is 6.54 Å². The number of furan rings is 1. The molecule has 134 valence electrons. The summed E-state index contributed by atoms with van der Waals surface area (Å²) in [5, 5.41) is 14.5. The fourth-order valence-electron chi connectivity index (χ4n) is 3.44. The third-order valence-electron chi connectivity index (χ3n) is 4.84. The van der Waals surface area contributed by atoms with Crippen LogP contribution in [0.2, 0.25) is 0 Å². The number of hydrogen-bond donors (Lipinski definition) is 1. The third kappa shape index (κ3) is 4.46. The monoisotopic (exact) mass is 343 g/mol. The highest BCUT2D eigenvalue weighted by Gasteiger charge is 2.24. The highest BCUT2D eigenvalue weighted by molar-refractivity contribution is 5.42. The molecule has 1 atom stereocenters. The van der Waals surface area contributed by atoms with E-state index in [9.17, 15) is 10.1 Å². The van der Waals surface area contributed by atoms with E-state index in [0.29, 0.717) is 12.1 Å². The molecule has 1 aromatic heterocycles. The molecule has 1 aliphatic heterocycles. The standard InChI is InChI=1S/C19H25N3O3/c1-15-7-8-16(12-17(15)22(23)24)13-20-14-18(19-6-5-11-25-19)21-9-3-2-4-10-21/h5-8,11-12,18,20H,2-4,9-10,13-14H2,1H3. The summed E-state index contributed by atoms with van der Waals surface area (Å²) in [4.78, 5) is 13.2. The summed E-state index contributed by atoms with van der Waals surface area (Å²) >= 11 is 0. The molecule has 6 heteroatoms. The van der Waals surface area contributed by atoms with Gasteiger partial charge in [0.25, 0.3) is 5.69 Å². The van der Waals surface area contributed by atoms with Gasteiger partial charge < -0.3 is 9.73 Å². The van der Waals surface area contributed by atoms with Crippen molar-refractivity contribution in [1.82, 2.24) is 10.2 Å². The van der Waals surface area contributed by atoms with E-state index >= 15 is 0 Å². The van der Waals surface area contributed by atoms with Crippen molar-refractivity contribution < 1.29 is 9.34 Å². The lowest BCUT2D eigenvalue weighted by atomic mass is 10.1. The van der Waals surface area contributed by atoms with Gasteiger partial charge in [-0.1, -0.05) is 18.6 Å². The van der Waals surface area contributed by atoms with Crippen LogP contribution < -0.4 is 5.32 Å². The predicted octanol–water partition coefficient (Wildman–Crippen LogP) is 3.81. The second-order valence-electron chi connectivity index (χ2n) is 6.64. The number of benzene rings is 1. The van der Waals surface area contributed by atoms with E-state index in [0.717, 1.165) is 31.0 Å². The van der Waals surface area contributed by atoms with Gasteiger partial charge in [0.2, 0.25) is 0 Å². The summed E-state index contributed by atoms with van der Waals surface area (Å²) in [6.45, 7) is 5.30. The van der Waals surface area contributed by atoms with E-state index in [1.54, 1.807) is 19.3 Å². The Kier molecular flexibility index (Phi) is 5.83. The molecular weight excluding hydrogens is 318 g/mol. The molecule has 2 aromatic rings. The van der Waals surface area contributed by atoms with Crippen molar-refractivity contribution in [2.24, 2.45) is 0 Å². The molecule has 0 bridgehead atoms. The van der Waals surface area contributed by atoms with E-state index in [-0.39, 0.29) is 16.7 Å². The molecule has 1 unspecified atom stereocenters. The van der Waals surface area contributed by atoms with Crippen LogP contribution in [-0.4, -0.2) is 29.5 Å². The molecule has 1 saturated heterocycles. The number of aryl methyl sites for hydroxylation is 1. The van der Waals surface area contributed by atoms with Crippen LogP contribution in [0.1, 0.15) is 42.2 Å². The summed E-state index contributed by atoms with van der Waals surface area (Å²) < 4.78 is 5.65. The SMILES string of the molecule is Cc1ccc(CNCC(c2ccco2)N2CCCCC2)cc1[N+](=O)[O-]. The van der Waals surface area contributed by atoms with E-state index in [2.05, 4.69) is 10.2 Å². The first kappa shape index (κ1) is 17.6. The van der Waals surface area contributed by atoms with Gasteiger partial charge in [0, 0.05) is 24.7 Å². The number of rotatable bonds is 7. The lowest BCUT2D eigenvalue weighted by Crippen LogP contribution is -2.38. The molecule has 2 heterocycles. The minimum absolute atomic E-state index is 0.179. The third-order valence-corrected chi connectivity index (χ3v) is 4.84. The summed E-state index contributed by atoms with van der Waals surface area (Å²) in [6, 6.07) is 9.57. The maximum Gasteiger partial charge on any atom is 0.272 e. The zero-order chi connectivity index (χ0) is 17.6. The largest absolute Gasteiger partial charge is 0.468 e. The van der Waals surface area contributed by atoms with Crippen molar-refractivity contribution in [1.29, 1.82) is 0 Å². The average Bonchev–Trinajstić information content (AvgIpc) is 3.15. The molecule has 0 radical (unpaired) electrons. The van der Waals surface area contributed by atoms with Crippen LogP contribution in [0.3, 0.4) is 0 Å². The fraction of sp³-hybridized carbons (Fsp3) is 0.474. The van der Waals surface area contributed by atoms with Crippen LogP contribution in [0.4, 0.5) is 5.69 Å². The molecule has 1 aromatic carbocycles. The highest BCUT2D eigenvalue weighted by atomic mass is 16.6. The number of nitro groups is 1. The molecule has 3 rings (SSSR count). The molecule has 25 heavy (non-hydrogen) atoms. The van der Waals surface area contributed by atoms with Gasteiger partial charge >= 0.3 is 0 Å². The highest BCUT2D eigenvalue weighted by Crippen LogP contribution is 2.25. The summed E-state index contributed by atoms with van der Waals surface area (Å²) in [5.74, 6) is 0.976. The molecule has 1 N–H and O–H groups in total. The molecule has 1 fully saturated rings. The van der Waals surface area contributed by atoms with Crippen molar-refractivity contribution >= 4 is 5.69 Å². The van der Waals surface area contributed by atoms with Gasteiger partial charge in [-0.25, -0.2) is 0 Å². The van der Waals surface area contributed by atoms with Gasteiger partial charge in [0.1, 0.15) is 5.76 Å². The zero-order valence-electron chi connectivity index (χ0n) is 14.6. The van der Waals surface area contributed by atoms with Gasteiger partial charge in [-0.2, -0.15) is 0 Å². The van der Waals surface area contributed by atoms with Crippen molar-refractivity contribution in [3.63, 3.8) is 0 Å². The molecule has 1 aliphatic rings. The Labute approximate surface area is 148 Å². The first-order valence-electron chi connectivity index (χ1n) is 8.87. The molecule has 0 aliphatic carbocycles. The van der Waals surface area contributed by atoms with Crippen LogP contribution in [0.5, 0.6) is 0 Å². The lowest BCUT2D eigenvalue weighted by molar-refractivity contribution is -0.385. The maximum atomic E-state index is 11.1. The Morgan fingerprint density at radius 1 is 1.28 bits per heavy atom. The van der Waals surface area contributed by atoms with Crippen LogP contribution in [0, 0.1) is 17.0 Å². The Morgan fingerprint density at radius 3 is 2.76 bits per heavy atom. The Morgan fingerprint density at radius 2 is 2.08 bits per heavy atom. The molecule has 6 nitrogen and oxygen atoms in total. The quantitative estimate of drug-likeness (QED) is 0.611. The van der Waals surface area contributed by atoms with Crippen molar-refractivity contribution in [3.8, 4) is 0 Å². The Balaban J connectivity index is 1.63. The van der Waals surface area contributed by atoms with Gasteiger partial charge in [0.05, 0.1) is 17.2 Å². The fourth-order valence-corrected chi connectivity index (χ4v) is 3.44. The number of hydrogen-bond acceptors (Lipinski definition) is 5. The molecule has 0 saturated carbocycles. The minimum Gasteiger partial charge on any atom is -0.468 e. The molecule has 0 spiro atoms. The van der Waals surface area contributed by atoms with E-state index in [1.807, 2.05) is 24.3 Å². The number of nitro benzene ring substituents is 1. The number of likely N-dealkylation sites (tertiary alicyclic amines) is 1. The van der Waals surface area contributed by atoms with Crippen LogP contribution in [0.15, 0.2) is 41.0 Å². The minimum atomic E-state index is -0.321. The van der Waals surface area contributed by atoms with Gasteiger partial charge in [-0.15, -0.1) is 0 Å². The molecular formula is C19H25N3O3. The van der Waals surface area contributed by atoms with Crippen molar-refractivity contribution in [2.45, 2.75) is 38.8 Å². The number of piperidine rings is 1. The van der Waals surface area contributed by atoms with Gasteiger partial charge in [0.15, 0.2) is 0 Å². The van der Waals surface area contributed by atoms with Crippen LogP contribution >= 0.6 is 0 Å². The smallest absolute Gasteiger partial charge is 0.272 e. The number of nitrogens with zero attached hydrogens (tertiary/aromatic N) is 2. The molecule has 0 amide bonds. The van der Waals surface area contributed by atoms with Gasteiger partial charge in [-0.3, -0.25) is 15.0 Å². The Hall–Kier alpha value is -2.18. The van der Waals surface area contributed by atoms with E-state index in [1.165, 1.54) is 19.3 Å². The second kappa shape index (κ2) is 8.27. The predicted molar refractivity (Wildman–Crippen MR) is 96.4 cm³/mol. The zero-order valence-corrected chi connectivity index (χ0v) is 14.6. The average molecular weight is 343 g/mol. The second-order valence-corrected chi connectivity index (χ2v) is 6.64. The summed E-state index contributed by atoms with van der Waals surface area (Å²) in [6.07, 6.45) is 5.46. The normalized spacial score (nSPS) is 16.7. The number of nitrogens with one attached hydrogen (secondary N) is 1. The first-order valence-corrected chi connectivity index (χ1v) is 8.87. The van der Waals surface area contributed by atoms with E-state index < -0.39 is 0 Å². The van der Waals surface area contributed by atoms with Gasteiger partial charge in [-0.05, 0) is 50.6 Å². The Bertz CT molecular complexity index is 694. The lowest BCUT2D eigenvalue weighted by Gasteiger charge is -2.33. The van der Waals surface area contributed by atoms with Crippen molar-refractivity contribution in [2.75, 3.05) is 19.6 Å². The van der Waals surface area contributed by atoms with Crippen LogP contribution in [0.25, 0.3) is 0 Å².